The lowest BCUT2D eigenvalue weighted by Crippen LogP contribution is -2.18. The molecule has 1 atom stereocenters. The highest BCUT2D eigenvalue weighted by Gasteiger charge is 2.23. The topological polar surface area (TPSA) is 12.0 Å². The van der Waals surface area contributed by atoms with Crippen LogP contribution in [0.5, 0.6) is 0 Å². The zero-order chi connectivity index (χ0) is 13.2. The molecule has 1 aliphatic rings. The maximum atomic E-state index is 13.4. The summed E-state index contributed by atoms with van der Waals surface area (Å²) in [7, 11) is 0. The number of fused-ring (bicyclic) bond motifs is 1. The highest BCUT2D eigenvalue weighted by atomic mass is 19.1. The van der Waals surface area contributed by atoms with Crippen LogP contribution in [0.3, 0.4) is 0 Å². The molecule has 0 fully saturated rings. The van der Waals surface area contributed by atoms with E-state index >= 15 is 0 Å². The van der Waals surface area contributed by atoms with E-state index in [4.69, 9.17) is 0 Å². The van der Waals surface area contributed by atoms with Crippen molar-refractivity contribution in [1.82, 2.24) is 5.32 Å². The average Bonchev–Trinajstić information content (AvgIpc) is 2.83. The summed E-state index contributed by atoms with van der Waals surface area (Å²) < 4.78 is 13.4. The third-order valence-electron chi connectivity index (χ3n) is 3.86. The molecule has 2 aromatic carbocycles. The van der Waals surface area contributed by atoms with Gasteiger partial charge in [-0.2, -0.15) is 0 Å². The Balaban J connectivity index is 2.05. The second-order valence-electron chi connectivity index (χ2n) is 5.03. The van der Waals surface area contributed by atoms with E-state index < -0.39 is 0 Å². The molecule has 0 bridgehead atoms. The summed E-state index contributed by atoms with van der Waals surface area (Å²) in [5.74, 6) is -0.170. The van der Waals surface area contributed by atoms with Gasteiger partial charge in [0.15, 0.2) is 0 Å². The highest BCUT2D eigenvalue weighted by molar-refractivity contribution is 5.70. The Morgan fingerprint density at radius 1 is 1.21 bits per heavy atom. The molecule has 0 heterocycles. The zero-order valence-electron chi connectivity index (χ0n) is 11.1. The second kappa shape index (κ2) is 5.14. The van der Waals surface area contributed by atoms with Crippen molar-refractivity contribution in [1.29, 1.82) is 0 Å². The van der Waals surface area contributed by atoms with Crippen molar-refractivity contribution < 1.29 is 4.39 Å². The maximum Gasteiger partial charge on any atom is 0.123 e. The summed E-state index contributed by atoms with van der Waals surface area (Å²) in [5, 5.41) is 3.52. The Kier molecular flexibility index (Phi) is 3.34. The lowest BCUT2D eigenvalue weighted by molar-refractivity contribution is 0.549. The van der Waals surface area contributed by atoms with Gasteiger partial charge in [-0.1, -0.05) is 37.3 Å². The van der Waals surface area contributed by atoms with E-state index in [1.807, 2.05) is 6.07 Å². The number of hydrogen-bond acceptors (Lipinski definition) is 1. The summed E-state index contributed by atoms with van der Waals surface area (Å²) in [6.45, 7) is 3.11. The predicted octanol–water partition coefficient (Wildman–Crippen LogP) is 4.09. The molecule has 19 heavy (non-hydrogen) atoms. The molecule has 1 nitrogen and oxygen atoms in total. The van der Waals surface area contributed by atoms with Gasteiger partial charge in [0.05, 0.1) is 0 Å². The van der Waals surface area contributed by atoms with Crippen molar-refractivity contribution in [2.45, 2.75) is 25.8 Å². The molecule has 0 saturated heterocycles. The molecule has 1 N–H and O–H groups in total. The van der Waals surface area contributed by atoms with Gasteiger partial charge in [0.25, 0.3) is 0 Å². The molecule has 2 heteroatoms. The van der Waals surface area contributed by atoms with Gasteiger partial charge in [0.2, 0.25) is 0 Å². The van der Waals surface area contributed by atoms with Crippen LogP contribution in [0.1, 0.15) is 30.5 Å². The standard InChI is InChI=1S/C17H18FN/c1-2-19-17-10-9-15-14(7-4-8-16(15)17)12-5-3-6-13(18)11-12/h3-8,11,17,19H,2,9-10H2,1H3. The van der Waals surface area contributed by atoms with Gasteiger partial charge in [-0.15, -0.1) is 0 Å². The zero-order valence-corrected chi connectivity index (χ0v) is 11.1. The van der Waals surface area contributed by atoms with Gasteiger partial charge in [0.1, 0.15) is 5.82 Å². The van der Waals surface area contributed by atoms with Crippen LogP contribution >= 0.6 is 0 Å². The number of halogens is 1. The maximum absolute atomic E-state index is 13.4. The fourth-order valence-corrected chi connectivity index (χ4v) is 3.04. The molecule has 98 valence electrons. The quantitative estimate of drug-likeness (QED) is 0.871. The number of rotatable bonds is 3. The SMILES string of the molecule is CCNC1CCc2c(-c3cccc(F)c3)cccc21. The second-order valence-corrected chi connectivity index (χ2v) is 5.03. The summed E-state index contributed by atoms with van der Waals surface area (Å²) >= 11 is 0. The normalized spacial score (nSPS) is 17.5. The smallest absolute Gasteiger partial charge is 0.123 e. The van der Waals surface area contributed by atoms with E-state index in [9.17, 15) is 4.39 Å². The molecule has 0 radical (unpaired) electrons. The van der Waals surface area contributed by atoms with Crippen LogP contribution in [-0.4, -0.2) is 6.54 Å². The summed E-state index contributed by atoms with van der Waals surface area (Å²) in [6, 6.07) is 13.7. The molecule has 0 aliphatic heterocycles. The van der Waals surface area contributed by atoms with Crippen LogP contribution in [0.15, 0.2) is 42.5 Å². The molecular formula is C17H18FN. The fraction of sp³-hybridized carbons (Fsp3) is 0.294. The van der Waals surface area contributed by atoms with Gasteiger partial charge in [-0.3, -0.25) is 0 Å². The first-order valence-electron chi connectivity index (χ1n) is 6.90. The molecule has 0 amide bonds. The Labute approximate surface area is 113 Å². The highest BCUT2D eigenvalue weighted by Crippen LogP contribution is 2.37. The third kappa shape index (κ3) is 2.28. The van der Waals surface area contributed by atoms with Gasteiger partial charge in [0, 0.05) is 6.04 Å². The number of hydrogen-bond donors (Lipinski definition) is 1. The Morgan fingerprint density at radius 3 is 2.84 bits per heavy atom. The molecule has 3 rings (SSSR count). The molecule has 2 aromatic rings. The van der Waals surface area contributed by atoms with E-state index in [1.54, 1.807) is 12.1 Å². The average molecular weight is 255 g/mol. The molecule has 0 aromatic heterocycles. The van der Waals surface area contributed by atoms with Crippen molar-refractivity contribution in [2.75, 3.05) is 6.54 Å². The van der Waals surface area contributed by atoms with Gasteiger partial charge in [-0.05, 0) is 53.8 Å². The summed E-state index contributed by atoms with van der Waals surface area (Å²) in [4.78, 5) is 0. The first kappa shape index (κ1) is 12.4. The van der Waals surface area contributed by atoms with E-state index in [0.29, 0.717) is 6.04 Å². The lowest BCUT2D eigenvalue weighted by atomic mass is 9.96. The van der Waals surface area contributed by atoms with E-state index in [1.165, 1.54) is 22.8 Å². The van der Waals surface area contributed by atoms with E-state index in [-0.39, 0.29) is 5.82 Å². The minimum absolute atomic E-state index is 0.170. The largest absolute Gasteiger partial charge is 0.310 e. The third-order valence-corrected chi connectivity index (χ3v) is 3.86. The van der Waals surface area contributed by atoms with Crippen LogP contribution in [0.2, 0.25) is 0 Å². The first-order chi connectivity index (χ1) is 9.29. The first-order valence-corrected chi connectivity index (χ1v) is 6.90. The number of benzene rings is 2. The molecular weight excluding hydrogens is 237 g/mol. The Hall–Kier alpha value is -1.67. The predicted molar refractivity (Wildman–Crippen MR) is 76.6 cm³/mol. The van der Waals surface area contributed by atoms with E-state index in [0.717, 1.165) is 24.9 Å². The summed E-state index contributed by atoms with van der Waals surface area (Å²) in [6.07, 6.45) is 2.20. The van der Waals surface area contributed by atoms with Gasteiger partial charge in [-0.25, -0.2) is 4.39 Å². The number of nitrogens with one attached hydrogen (secondary N) is 1. The summed E-state index contributed by atoms with van der Waals surface area (Å²) in [5.41, 5.74) is 4.91. The van der Waals surface area contributed by atoms with Gasteiger partial charge >= 0.3 is 0 Å². The van der Waals surface area contributed by atoms with Crippen molar-refractivity contribution in [3.8, 4) is 11.1 Å². The van der Waals surface area contributed by atoms with Crippen LogP contribution in [0, 0.1) is 5.82 Å². The molecule has 1 unspecified atom stereocenters. The monoisotopic (exact) mass is 255 g/mol. The van der Waals surface area contributed by atoms with E-state index in [2.05, 4.69) is 30.4 Å². The molecule has 1 aliphatic carbocycles. The molecule has 0 saturated carbocycles. The van der Waals surface area contributed by atoms with Crippen molar-refractivity contribution in [2.24, 2.45) is 0 Å². The van der Waals surface area contributed by atoms with Crippen molar-refractivity contribution >= 4 is 0 Å². The minimum atomic E-state index is -0.170. The Morgan fingerprint density at radius 2 is 2.05 bits per heavy atom. The van der Waals surface area contributed by atoms with Crippen LogP contribution in [0.25, 0.3) is 11.1 Å². The lowest BCUT2D eigenvalue weighted by Gasteiger charge is -2.13. The van der Waals surface area contributed by atoms with Crippen LogP contribution in [-0.2, 0) is 6.42 Å². The fourth-order valence-electron chi connectivity index (χ4n) is 3.04. The minimum Gasteiger partial charge on any atom is -0.310 e. The van der Waals surface area contributed by atoms with Crippen molar-refractivity contribution in [3.63, 3.8) is 0 Å². The van der Waals surface area contributed by atoms with Crippen LogP contribution in [0.4, 0.5) is 4.39 Å². The molecule has 0 spiro atoms. The van der Waals surface area contributed by atoms with Gasteiger partial charge < -0.3 is 5.32 Å². The van der Waals surface area contributed by atoms with Crippen molar-refractivity contribution in [3.05, 3.63) is 59.4 Å². The van der Waals surface area contributed by atoms with Crippen LogP contribution < -0.4 is 5.32 Å². The Bertz CT molecular complexity index is 592.